The number of nitrogens with zero attached hydrogens (tertiary/aromatic N) is 3. The first-order chi connectivity index (χ1) is 9.51. The number of methoxy groups -OCH3 is 1. The molecule has 2 rings (SSSR count). The third-order valence-electron chi connectivity index (χ3n) is 3.63. The number of hydrogen-bond acceptors (Lipinski definition) is 5. The first kappa shape index (κ1) is 14.9. The van der Waals surface area contributed by atoms with E-state index in [1.165, 1.54) is 4.68 Å². The average Bonchev–Trinajstić information content (AvgIpc) is 2.89. The topological polar surface area (TPSA) is 73.4 Å². The number of ether oxygens (including phenoxy) is 1. The number of aromatic nitrogens is 2. The highest BCUT2D eigenvalue weighted by molar-refractivity contribution is 7.80. The van der Waals surface area contributed by atoms with Crippen LogP contribution >= 0.6 is 12.2 Å². The predicted octanol–water partition coefficient (Wildman–Crippen LogP) is 0.391. The third-order valence-corrected chi connectivity index (χ3v) is 4.03. The fraction of sp³-hybridized carbons (Fsp3) is 0.615. The van der Waals surface area contributed by atoms with E-state index in [2.05, 4.69) is 10.00 Å². The van der Waals surface area contributed by atoms with Crippen molar-refractivity contribution in [2.45, 2.75) is 26.0 Å². The van der Waals surface area contributed by atoms with Crippen LogP contribution in [0.2, 0.25) is 0 Å². The minimum Gasteiger partial charge on any atom is -0.393 e. The maximum absolute atomic E-state index is 12.1. The quantitative estimate of drug-likeness (QED) is 0.793. The lowest BCUT2D eigenvalue weighted by molar-refractivity contribution is 0.121. The van der Waals surface area contributed by atoms with Crippen molar-refractivity contribution in [3.05, 3.63) is 22.6 Å². The zero-order chi connectivity index (χ0) is 14.7. The minimum atomic E-state index is -0.133. The van der Waals surface area contributed by atoms with E-state index in [1.807, 2.05) is 6.92 Å². The van der Waals surface area contributed by atoms with Gasteiger partial charge in [0.2, 0.25) is 0 Å². The van der Waals surface area contributed by atoms with Crippen LogP contribution in [0, 0.1) is 5.92 Å². The van der Waals surface area contributed by atoms with Gasteiger partial charge in [0, 0.05) is 32.2 Å². The Morgan fingerprint density at radius 3 is 3.00 bits per heavy atom. The number of rotatable bonds is 5. The van der Waals surface area contributed by atoms with E-state index >= 15 is 0 Å². The Labute approximate surface area is 123 Å². The summed E-state index contributed by atoms with van der Waals surface area (Å²) < 4.78 is 6.72. The van der Waals surface area contributed by atoms with Crippen molar-refractivity contribution in [1.82, 2.24) is 9.78 Å². The maximum Gasteiger partial charge on any atom is 0.268 e. The summed E-state index contributed by atoms with van der Waals surface area (Å²) in [4.78, 5) is 14.6. The van der Waals surface area contributed by atoms with Gasteiger partial charge in [-0.05, 0) is 6.42 Å². The van der Waals surface area contributed by atoms with E-state index in [9.17, 15) is 4.79 Å². The van der Waals surface area contributed by atoms with Crippen LogP contribution in [-0.4, -0.2) is 41.1 Å². The molecular weight excluding hydrogens is 276 g/mol. The molecule has 1 aliphatic rings. The van der Waals surface area contributed by atoms with Gasteiger partial charge in [-0.15, -0.1) is 0 Å². The van der Waals surface area contributed by atoms with Crippen molar-refractivity contribution >= 4 is 22.9 Å². The first-order valence-corrected chi connectivity index (χ1v) is 7.06. The number of anilines is 1. The molecule has 1 saturated heterocycles. The normalized spacial score (nSPS) is 20.1. The van der Waals surface area contributed by atoms with Crippen LogP contribution in [0.25, 0.3) is 0 Å². The molecule has 0 aromatic carbocycles. The van der Waals surface area contributed by atoms with E-state index in [1.54, 1.807) is 19.4 Å². The molecular formula is C13H20N4O2S. The molecule has 0 aliphatic carbocycles. The number of thiocarbonyl (C=S) groups is 1. The van der Waals surface area contributed by atoms with Crippen LogP contribution in [0.15, 0.2) is 17.1 Å². The van der Waals surface area contributed by atoms with Gasteiger partial charge in [0.1, 0.15) is 0 Å². The largest absolute Gasteiger partial charge is 0.393 e. The minimum absolute atomic E-state index is 0.0503. The lowest BCUT2D eigenvalue weighted by Crippen LogP contribution is -2.31. The summed E-state index contributed by atoms with van der Waals surface area (Å²) in [6, 6.07) is 1.61. The second-order valence-electron chi connectivity index (χ2n) is 5.13. The molecule has 6 nitrogen and oxygen atoms in total. The predicted molar refractivity (Wildman–Crippen MR) is 82.1 cm³/mol. The molecule has 0 amide bonds. The molecule has 0 bridgehead atoms. The number of nitrogens with two attached hydrogens (primary N) is 1. The molecule has 0 spiro atoms. The Bertz CT molecular complexity index is 545. The Kier molecular flexibility index (Phi) is 4.72. The SMILES string of the molecule is COC1CCN(c2cnn(CC(C)C(N)=S)c(=O)c2)C1. The monoisotopic (exact) mass is 296 g/mol. The molecule has 20 heavy (non-hydrogen) atoms. The van der Waals surface area contributed by atoms with Gasteiger partial charge in [-0.1, -0.05) is 19.1 Å². The molecule has 7 heteroatoms. The molecule has 2 unspecified atom stereocenters. The summed E-state index contributed by atoms with van der Waals surface area (Å²) in [5, 5.41) is 4.20. The van der Waals surface area contributed by atoms with Gasteiger partial charge >= 0.3 is 0 Å². The molecule has 1 fully saturated rings. The van der Waals surface area contributed by atoms with E-state index in [0.29, 0.717) is 11.5 Å². The molecule has 110 valence electrons. The van der Waals surface area contributed by atoms with Crippen molar-refractivity contribution < 1.29 is 4.74 Å². The summed E-state index contributed by atoms with van der Waals surface area (Å²) in [6.45, 7) is 3.97. The molecule has 2 heterocycles. The summed E-state index contributed by atoms with van der Waals surface area (Å²) in [6.07, 6.45) is 2.91. The summed E-state index contributed by atoms with van der Waals surface area (Å²) in [7, 11) is 1.71. The lowest BCUT2D eigenvalue weighted by Gasteiger charge is -2.18. The highest BCUT2D eigenvalue weighted by atomic mass is 32.1. The van der Waals surface area contributed by atoms with Crippen LogP contribution in [0.4, 0.5) is 5.69 Å². The zero-order valence-electron chi connectivity index (χ0n) is 11.8. The molecule has 2 atom stereocenters. The van der Waals surface area contributed by atoms with Crippen LogP contribution in [0.3, 0.4) is 0 Å². The maximum atomic E-state index is 12.1. The van der Waals surface area contributed by atoms with E-state index in [-0.39, 0.29) is 17.6 Å². The molecule has 0 radical (unpaired) electrons. The standard InChI is InChI=1S/C13H20N4O2S/c1-9(13(14)20)7-17-12(18)5-10(6-15-17)16-4-3-11(8-16)19-2/h5-6,9,11H,3-4,7-8H2,1-2H3,(H2,14,20). The summed E-state index contributed by atoms with van der Waals surface area (Å²) >= 11 is 4.91. The third kappa shape index (κ3) is 3.34. The fourth-order valence-electron chi connectivity index (χ4n) is 2.24. The van der Waals surface area contributed by atoms with Crippen LogP contribution in [0.1, 0.15) is 13.3 Å². The molecule has 1 aromatic rings. The van der Waals surface area contributed by atoms with Crippen molar-refractivity contribution in [3.8, 4) is 0 Å². The van der Waals surface area contributed by atoms with Crippen molar-refractivity contribution in [2.24, 2.45) is 11.7 Å². The molecule has 1 aromatic heterocycles. The van der Waals surface area contributed by atoms with Crippen molar-refractivity contribution in [3.63, 3.8) is 0 Å². The van der Waals surface area contributed by atoms with Gasteiger partial charge < -0.3 is 15.4 Å². The smallest absolute Gasteiger partial charge is 0.268 e. The van der Waals surface area contributed by atoms with Gasteiger partial charge in [-0.25, -0.2) is 4.68 Å². The second kappa shape index (κ2) is 6.32. The van der Waals surface area contributed by atoms with Gasteiger partial charge in [0.15, 0.2) is 0 Å². The molecule has 0 saturated carbocycles. The Morgan fingerprint density at radius 2 is 2.45 bits per heavy atom. The average molecular weight is 296 g/mol. The van der Waals surface area contributed by atoms with Crippen molar-refractivity contribution in [2.75, 3.05) is 25.1 Å². The Balaban J connectivity index is 2.10. The highest BCUT2D eigenvalue weighted by Gasteiger charge is 2.23. The second-order valence-corrected chi connectivity index (χ2v) is 5.60. The van der Waals surface area contributed by atoms with Gasteiger partial charge in [0.25, 0.3) is 5.56 Å². The summed E-state index contributed by atoms with van der Waals surface area (Å²) in [5.74, 6) is -0.0503. The highest BCUT2D eigenvalue weighted by Crippen LogP contribution is 2.19. The summed E-state index contributed by atoms with van der Waals surface area (Å²) in [5.41, 5.74) is 6.27. The molecule has 2 N–H and O–H groups in total. The van der Waals surface area contributed by atoms with Crippen molar-refractivity contribution in [1.29, 1.82) is 0 Å². The number of hydrogen-bond donors (Lipinski definition) is 1. The first-order valence-electron chi connectivity index (χ1n) is 6.65. The Morgan fingerprint density at radius 1 is 1.70 bits per heavy atom. The van der Waals surface area contributed by atoms with Gasteiger partial charge in [-0.2, -0.15) is 5.10 Å². The van der Waals surface area contributed by atoms with Gasteiger partial charge in [-0.3, -0.25) is 4.79 Å². The molecule has 1 aliphatic heterocycles. The lowest BCUT2D eigenvalue weighted by atomic mass is 10.2. The zero-order valence-corrected chi connectivity index (χ0v) is 12.6. The van der Waals surface area contributed by atoms with Crippen LogP contribution in [-0.2, 0) is 11.3 Å². The van der Waals surface area contributed by atoms with E-state index in [0.717, 1.165) is 25.2 Å². The van der Waals surface area contributed by atoms with Crippen LogP contribution < -0.4 is 16.2 Å². The van der Waals surface area contributed by atoms with E-state index in [4.69, 9.17) is 22.7 Å². The fourth-order valence-corrected chi connectivity index (χ4v) is 2.31. The van der Waals surface area contributed by atoms with E-state index < -0.39 is 0 Å². The Hall–Kier alpha value is -1.47. The van der Waals surface area contributed by atoms with Gasteiger partial charge in [0.05, 0.1) is 29.5 Å². The van der Waals surface area contributed by atoms with Crippen LogP contribution in [0.5, 0.6) is 0 Å².